The van der Waals surface area contributed by atoms with Gasteiger partial charge in [-0.15, -0.1) is 0 Å². The molecule has 0 aliphatic carbocycles. The monoisotopic (exact) mass is 269 g/mol. The number of nitriles is 1. The van der Waals surface area contributed by atoms with Crippen molar-refractivity contribution >= 4 is 0 Å². The van der Waals surface area contributed by atoms with Gasteiger partial charge >= 0.3 is 0 Å². The summed E-state index contributed by atoms with van der Waals surface area (Å²) >= 11 is 0. The lowest BCUT2D eigenvalue weighted by Crippen LogP contribution is -1.93. The molecule has 2 aromatic rings. The van der Waals surface area contributed by atoms with E-state index in [1.165, 1.54) is 0 Å². The minimum absolute atomic E-state index is 0.0992. The van der Waals surface area contributed by atoms with Crippen molar-refractivity contribution in [2.75, 3.05) is 6.61 Å². The molecule has 4 heteroatoms. The van der Waals surface area contributed by atoms with E-state index >= 15 is 0 Å². The van der Waals surface area contributed by atoms with E-state index in [2.05, 4.69) is 6.07 Å². The van der Waals surface area contributed by atoms with E-state index in [9.17, 15) is 0 Å². The molecule has 0 amide bonds. The van der Waals surface area contributed by atoms with Crippen LogP contribution in [0.1, 0.15) is 18.1 Å². The Bertz CT molecular complexity index is 615. The Balaban J connectivity index is 2.19. The van der Waals surface area contributed by atoms with Crippen LogP contribution in [0.25, 0.3) is 0 Å². The predicted molar refractivity (Wildman–Crippen MR) is 74.8 cm³/mol. The number of hydrogen-bond acceptors (Lipinski definition) is 4. The van der Waals surface area contributed by atoms with Gasteiger partial charge in [0, 0.05) is 0 Å². The first-order valence-corrected chi connectivity index (χ1v) is 6.31. The third kappa shape index (κ3) is 3.28. The average Bonchev–Trinajstić information content (AvgIpc) is 2.50. The number of aliphatic hydroxyl groups is 1. The molecule has 2 aromatic carbocycles. The van der Waals surface area contributed by atoms with Gasteiger partial charge in [0.2, 0.25) is 0 Å². The Morgan fingerprint density at radius 3 is 2.40 bits per heavy atom. The second-order valence-corrected chi connectivity index (χ2v) is 4.11. The van der Waals surface area contributed by atoms with Crippen LogP contribution in [0.3, 0.4) is 0 Å². The molecule has 4 nitrogen and oxygen atoms in total. The highest BCUT2D eigenvalue weighted by Gasteiger charge is 2.06. The van der Waals surface area contributed by atoms with Crippen LogP contribution in [0, 0.1) is 11.3 Å². The zero-order chi connectivity index (χ0) is 14.4. The van der Waals surface area contributed by atoms with Crippen LogP contribution < -0.4 is 9.47 Å². The first kappa shape index (κ1) is 13.9. The summed E-state index contributed by atoms with van der Waals surface area (Å²) in [5, 5.41) is 18.2. The number of aliphatic hydroxyl groups excluding tert-OH is 1. The molecule has 0 radical (unpaired) electrons. The zero-order valence-electron chi connectivity index (χ0n) is 11.2. The second kappa shape index (κ2) is 6.60. The normalized spacial score (nSPS) is 9.85. The minimum atomic E-state index is -0.0992. The van der Waals surface area contributed by atoms with Gasteiger partial charge in [-0.05, 0) is 48.9 Å². The molecule has 0 bridgehead atoms. The molecule has 20 heavy (non-hydrogen) atoms. The average molecular weight is 269 g/mol. The van der Waals surface area contributed by atoms with Crippen molar-refractivity contribution < 1.29 is 14.6 Å². The molecule has 0 aromatic heterocycles. The Hall–Kier alpha value is -2.51. The molecule has 2 rings (SSSR count). The molecule has 0 saturated carbocycles. The molecule has 0 unspecified atom stereocenters. The van der Waals surface area contributed by atoms with Gasteiger partial charge in [0.05, 0.1) is 18.8 Å². The lowest BCUT2D eigenvalue weighted by Gasteiger charge is -2.09. The lowest BCUT2D eigenvalue weighted by atomic mass is 10.1. The van der Waals surface area contributed by atoms with Crippen LogP contribution in [0.2, 0.25) is 0 Å². The Morgan fingerprint density at radius 1 is 1.10 bits per heavy atom. The summed E-state index contributed by atoms with van der Waals surface area (Å²) in [6.45, 7) is 2.44. The first-order chi connectivity index (χ1) is 9.76. The number of hydrogen-bond donors (Lipinski definition) is 1. The van der Waals surface area contributed by atoms with E-state index in [1.807, 2.05) is 19.1 Å². The fourth-order valence-electron chi connectivity index (χ4n) is 1.75. The fraction of sp³-hybridized carbons (Fsp3) is 0.188. The van der Waals surface area contributed by atoms with Crippen molar-refractivity contribution in [1.82, 2.24) is 0 Å². The maximum atomic E-state index is 9.10. The molecule has 0 aliphatic heterocycles. The third-order valence-corrected chi connectivity index (χ3v) is 2.71. The van der Waals surface area contributed by atoms with Crippen LogP contribution in [0.15, 0.2) is 42.5 Å². The van der Waals surface area contributed by atoms with Gasteiger partial charge in [-0.3, -0.25) is 0 Å². The molecule has 1 N–H and O–H groups in total. The van der Waals surface area contributed by atoms with Crippen LogP contribution in [-0.4, -0.2) is 11.7 Å². The predicted octanol–water partition coefficient (Wildman–Crippen LogP) is 3.24. The van der Waals surface area contributed by atoms with Crippen molar-refractivity contribution in [3.63, 3.8) is 0 Å². The van der Waals surface area contributed by atoms with E-state index in [1.54, 1.807) is 30.3 Å². The standard InChI is InChI=1S/C16H15NO3/c1-2-19-14-4-6-15(7-5-14)20-16-8-3-12(11-18)9-13(16)10-17/h3-9,18H,2,11H2,1H3. The van der Waals surface area contributed by atoms with Crippen molar-refractivity contribution in [3.05, 3.63) is 53.6 Å². The van der Waals surface area contributed by atoms with Crippen LogP contribution in [0.4, 0.5) is 0 Å². The van der Waals surface area contributed by atoms with Gasteiger partial charge in [-0.2, -0.15) is 5.26 Å². The highest BCUT2D eigenvalue weighted by molar-refractivity contribution is 5.47. The topological polar surface area (TPSA) is 62.5 Å². The van der Waals surface area contributed by atoms with Crippen molar-refractivity contribution in [2.24, 2.45) is 0 Å². The summed E-state index contributed by atoms with van der Waals surface area (Å²) < 4.78 is 11.0. The van der Waals surface area contributed by atoms with Crippen LogP contribution in [-0.2, 0) is 6.61 Å². The molecule has 0 fully saturated rings. The van der Waals surface area contributed by atoms with Gasteiger partial charge in [0.1, 0.15) is 23.3 Å². The van der Waals surface area contributed by atoms with E-state index < -0.39 is 0 Å². The molecule has 102 valence electrons. The van der Waals surface area contributed by atoms with Crippen LogP contribution in [0.5, 0.6) is 17.2 Å². The van der Waals surface area contributed by atoms with Crippen LogP contribution >= 0.6 is 0 Å². The second-order valence-electron chi connectivity index (χ2n) is 4.11. The van der Waals surface area contributed by atoms with Crippen molar-refractivity contribution in [2.45, 2.75) is 13.5 Å². The summed E-state index contributed by atoms with van der Waals surface area (Å²) in [5.41, 5.74) is 1.08. The first-order valence-electron chi connectivity index (χ1n) is 6.31. The summed E-state index contributed by atoms with van der Waals surface area (Å²) in [5.74, 6) is 1.87. The SMILES string of the molecule is CCOc1ccc(Oc2ccc(CO)cc2C#N)cc1. The molecule has 0 heterocycles. The minimum Gasteiger partial charge on any atom is -0.494 e. The van der Waals surface area contributed by atoms with Crippen molar-refractivity contribution in [1.29, 1.82) is 5.26 Å². The van der Waals surface area contributed by atoms with Gasteiger partial charge in [0.25, 0.3) is 0 Å². The number of benzene rings is 2. The third-order valence-electron chi connectivity index (χ3n) is 2.71. The Kier molecular flexibility index (Phi) is 4.59. The molecule has 0 spiro atoms. The number of nitrogens with zero attached hydrogens (tertiary/aromatic N) is 1. The smallest absolute Gasteiger partial charge is 0.145 e. The van der Waals surface area contributed by atoms with Gasteiger partial charge in [-0.25, -0.2) is 0 Å². The van der Waals surface area contributed by atoms with Crippen molar-refractivity contribution in [3.8, 4) is 23.3 Å². The van der Waals surface area contributed by atoms with E-state index in [4.69, 9.17) is 19.8 Å². The van der Waals surface area contributed by atoms with E-state index in [0.717, 1.165) is 5.75 Å². The zero-order valence-corrected chi connectivity index (χ0v) is 11.2. The van der Waals surface area contributed by atoms with E-state index in [0.29, 0.717) is 29.2 Å². The van der Waals surface area contributed by atoms with E-state index in [-0.39, 0.29) is 6.61 Å². The summed E-state index contributed by atoms with van der Waals surface area (Å²) in [7, 11) is 0. The highest BCUT2D eigenvalue weighted by Crippen LogP contribution is 2.27. The maximum absolute atomic E-state index is 9.10. The van der Waals surface area contributed by atoms with Gasteiger partial charge in [0.15, 0.2) is 0 Å². The maximum Gasteiger partial charge on any atom is 0.145 e. The molecule has 0 aliphatic rings. The number of ether oxygens (including phenoxy) is 2. The summed E-state index contributed by atoms with van der Waals surface area (Å²) in [6.07, 6.45) is 0. The quantitative estimate of drug-likeness (QED) is 0.905. The molecular weight excluding hydrogens is 254 g/mol. The lowest BCUT2D eigenvalue weighted by molar-refractivity contribution is 0.281. The largest absolute Gasteiger partial charge is 0.494 e. The fourth-order valence-corrected chi connectivity index (χ4v) is 1.75. The molecular formula is C16H15NO3. The Labute approximate surface area is 117 Å². The van der Waals surface area contributed by atoms with Gasteiger partial charge < -0.3 is 14.6 Å². The number of rotatable bonds is 5. The molecule has 0 atom stereocenters. The highest BCUT2D eigenvalue weighted by atomic mass is 16.5. The summed E-state index contributed by atoms with van der Waals surface area (Å²) in [4.78, 5) is 0. The Morgan fingerprint density at radius 2 is 1.80 bits per heavy atom. The summed E-state index contributed by atoms with van der Waals surface area (Å²) in [6, 6.07) is 14.3. The molecule has 0 saturated heterocycles. The van der Waals surface area contributed by atoms with Gasteiger partial charge in [-0.1, -0.05) is 6.07 Å².